The monoisotopic (exact) mass is 274 g/mol. The van der Waals surface area contributed by atoms with Crippen molar-refractivity contribution in [3.05, 3.63) is 41.7 Å². The summed E-state index contributed by atoms with van der Waals surface area (Å²) in [5.41, 5.74) is 8.27. The number of para-hydroxylation sites is 1. The summed E-state index contributed by atoms with van der Waals surface area (Å²) in [6.45, 7) is 2.83. The fraction of sp³-hybridized carbons (Fsp3) is 0.200. The first-order valence-electron chi connectivity index (χ1n) is 6.36. The second-order valence-electron chi connectivity index (χ2n) is 4.64. The van der Waals surface area contributed by atoms with Gasteiger partial charge in [-0.25, -0.2) is 4.39 Å². The van der Waals surface area contributed by atoms with Gasteiger partial charge in [-0.1, -0.05) is 12.1 Å². The van der Waals surface area contributed by atoms with Crippen LogP contribution in [0.25, 0.3) is 0 Å². The lowest BCUT2D eigenvalue weighted by Crippen LogP contribution is -2.16. The molecule has 0 spiro atoms. The summed E-state index contributed by atoms with van der Waals surface area (Å²) in [6, 6.07) is 8.33. The summed E-state index contributed by atoms with van der Waals surface area (Å²) in [6.07, 6.45) is 0. The molecule has 1 heterocycles. The third kappa shape index (κ3) is 2.22. The number of halogens is 1. The molecule has 2 aromatic rings. The van der Waals surface area contributed by atoms with Crippen molar-refractivity contribution in [3.8, 4) is 11.5 Å². The third-order valence-corrected chi connectivity index (χ3v) is 3.20. The minimum absolute atomic E-state index is 0.320. The number of aryl methyl sites for hydroxylation is 1. The number of ether oxygens (including phenoxy) is 2. The first-order chi connectivity index (χ1) is 9.65. The Labute approximate surface area is 116 Å². The van der Waals surface area contributed by atoms with Gasteiger partial charge in [0.25, 0.3) is 0 Å². The van der Waals surface area contributed by atoms with Crippen molar-refractivity contribution in [2.45, 2.75) is 6.92 Å². The number of fused-ring (bicyclic) bond motifs is 1. The van der Waals surface area contributed by atoms with Gasteiger partial charge in [0.15, 0.2) is 11.5 Å². The molecule has 0 amide bonds. The standard InChI is InChI=1S/C15H15FN2O2/c1-9-3-2-4-10(16)15(9)18-12-8-14-13(7-11(12)17)19-5-6-20-14/h2-4,7-8,18H,5-6,17H2,1H3. The zero-order valence-corrected chi connectivity index (χ0v) is 11.1. The number of nitrogens with one attached hydrogen (secondary N) is 1. The van der Waals surface area contributed by atoms with Crippen LogP contribution >= 0.6 is 0 Å². The second kappa shape index (κ2) is 4.92. The van der Waals surface area contributed by atoms with Crippen molar-refractivity contribution in [2.24, 2.45) is 0 Å². The lowest BCUT2D eigenvalue weighted by Gasteiger charge is -2.21. The lowest BCUT2D eigenvalue weighted by molar-refractivity contribution is 0.172. The average Bonchev–Trinajstić information content (AvgIpc) is 2.43. The number of nitrogens with two attached hydrogens (primary N) is 1. The van der Waals surface area contributed by atoms with Crippen LogP contribution in [0.5, 0.6) is 11.5 Å². The van der Waals surface area contributed by atoms with E-state index in [-0.39, 0.29) is 5.82 Å². The quantitative estimate of drug-likeness (QED) is 0.825. The molecule has 3 N–H and O–H groups in total. The first kappa shape index (κ1) is 12.6. The lowest BCUT2D eigenvalue weighted by atomic mass is 10.1. The van der Waals surface area contributed by atoms with Gasteiger partial charge >= 0.3 is 0 Å². The van der Waals surface area contributed by atoms with Crippen LogP contribution in [0.2, 0.25) is 0 Å². The Hall–Kier alpha value is -2.43. The molecular weight excluding hydrogens is 259 g/mol. The van der Waals surface area contributed by atoms with Crippen molar-refractivity contribution < 1.29 is 13.9 Å². The van der Waals surface area contributed by atoms with Crippen molar-refractivity contribution in [2.75, 3.05) is 24.3 Å². The van der Waals surface area contributed by atoms with Crippen LogP contribution in [0.1, 0.15) is 5.56 Å². The molecule has 0 atom stereocenters. The molecule has 0 unspecified atom stereocenters. The average molecular weight is 274 g/mol. The third-order valence-electron chi connectivity index (χ3n) is 3.20. The van der Waals surface area contributed by atoms with Gasteiger partial charge in [0.2, 0.25) is 0 Å². The Morgan fingerprint density at radius 1 is 1.15 bits per heavy atom. The molecular formula is C15H15FN2O2. The highest BCUT2D eigenvalue weighted by Gasteiger charge is 2.16. The predicted molar refractivity (Wildman–Crippen MR) is 76.3 cm³/mol. The summed E-state index contributed by atoms with van der Waals surface area (Å²) in [5.74, 6) is 0.908. The fourth-order valence-corrected chi connectivity index (χ4v) is 2.14. The van der Waals surface area contributed by atoms with E-state index in [0.717, 1.165) is 5.56 Å². The van der Waals surface area contributed by atoms with Crippen LogP contribution in [0.3, 0.4) is 0 Å². The van der Waals surface area contributed by atoms with Crippen LogP contribution in [-0.2, 0) is 0 Å². The van der Waals surface area contributed by atoms with E-state index in [9.17, 15) is 4.39 Å². The van der Waals surface area contributed by atoms with Crippen molar-refractivity contribution in [3.63, 3.8) is 0 Å². The maximum Gasteiger partial charge on any atom is 0.163 e. The number of hydrogen-bond donors (Lipinski definition) is 2. The number of hydrogen-bond acceptors (Lipinski definition) is 4. The van der Waals surface area contributed by atoms with Gasteiger partial charge in [-0.3, -0.25) is 0 Å². The topological polar surface area (TPSA) is 56.5 Å². The van der Waals surface area contributed by atoms with Crippen molar-refractivity contribution in [1.82, 2.24) is 0 Å². The van der Waals surface area contributed by atoms with E-state index in [1.807, 2.05) is 13.0 Å². The summed E-state index contributed by atoms with van der Waals surface area (Å²) in [4.78, 5) is 0. The van der Waals surface area contributed by atoms with Gasteiger partial charge in [-0.2, -0.15) is 0 Å². The fourth-order valence-electron chi connectivity index (χ4n) is 2.14. The maximum absolute atomic E-state index is 13.8. The van der Waals surface area contributed by atoms with E-state index in [2.05, 4.69) is 5.32 Å². The molecule has 1 aliphatic rings. The molecule has 104 valence electrons. The van der Waals surface area contributed by atoms with E-state index in [0.29, 0.717) is 41.8 Å². The van der Waals surface area contributed by atoms with Crippen LogP contribution in [-0.4, -0.2) is 13.2 Å². The number of benzene rings is 2. The largest absolute Gasteiger partial charge is 0.486 e. The molecule has 0 bridgehead atoms. The van der Waals surface area contributed by atoms with Gasteiger partial charge in [0, 0.05) is 12.1 Å². The van der Waals surface area contributed by atoms with Gasteiger partial charge in [-0.15, -0.1) is 0 Å². The molecule has 0 saturated carbocycles. The van der Waals surface area contributed by atoms with E-state index < -0.39 is 0 Å². The van der Waals surface area contributed by atoms with Gasteiger partial charge < -0.3 is 20.5 Å². The number of rotatable bonds is 2. The van der Waals surface area contributed by atoms with Crippen LogP contribution in [0.4, 0.5) is 21.5 Å². The van der Waals surface area contributed by atoms with Crippen LogP contribution in [0, 0.1) is 12.7 Å². The first-order valence-corrected chi connectivity index (χ1v) is 6.36. The predicted octanol–water partition coefficient (Wildman–Crippen LogP) is 3.23. The van der Waals surface area contributed by atoms with E-state index in [1.165, 1.54) is 6.07 Å². The van der Waals surface area contributed by atoms with Crippen LogP contribution in [0.15, 0.2) is 30.3 Å². The number of nitrogen functional groups attached to an aromatic ring is 1. The summed E-state index contributed by atoms with van der Waals surface area (Å²) >= 11 is 0. The van der Waals surface area contributed by atoms with Gasteiger partial charge in [0.05, 0.1) is 17.1 Å². The molecule has 0 radical (unpaired) electrons. The highest BCUT2D eigenvalue weighted by Crippen LogP contribution is 2.38. The smallest absolute Gasteiger partial charge is 0.163 e. The Kier molecular flexibility index (Phi) is 3.10. The maximum atomic E-state index is 13.8. The highest BCUT2D eigenvalue weighted by atomic mass is 19.1. The molecule has 0 fully saturated rings. The molecule has 3 rings (SSSR count). The molecule has 0 aromatic heterocycles. The Balaban J connectivity index is 1.98. The Bertz CT molecular complexity index is 638. The SMILES string of the molecule is Cc1cccc(F)c1Nc1cc2c(cc1N)OCCO2. The zero-order valence-electron chi connectivity index (χ0n) is 11.1. The van der Waals surface area contributed by atoms with Gasteiger partial charge in [-0.05, 0) is 18.6 Å². The second-order valence-corrected chi connectivity index (χ2v) is 4.64. The highest BCUT2D eigenvalue weighted by molar-refractivity contribution is 5.77. The minimum Gasteiger partial charge on any atom is -0.486 e. The summed E-state index contributed by atoms with van der Waals surface area (Å²) < 4.78 is 24.8. The molecule has 0 aliphatic carbocycles. The minimum atomic E-state index is -0.320. The molecule has 2 aromatic carbocycles. The molecule has 20 heavy (non-hydrogen) atoms. The summed E-state index contributed by atoms with van der Waals surface area (Å²) in [5, 5.41) is 3.02. The molecule has 4 nitrogen and oxygen atoms in total. The van der Waals surface area contributed by atoms with Crippen molar-refractivity contribution >= 4 is 17.1 Å². The number of anilines is 3. The Morgan fingerprint density at radius 3 is 2.55 bits per heavy atom. The molecule has 1 aliphatic heterocycles. The van der Waals surface area contributed by atoms with E-state index in [1.54, 1.807) is 18.2 Å². The zero-order chi connectivity index (χ0) is 14.1. The van der Waals surface area contributed by atoms with Crippen LogP contribution < -0.4 is 20.5 Å². The van der Waals surface area contributed by atoms with Crippen molar-refractivity contribution in [1.29, 1.82) is 0 Å². The molecule has 0 saturated heterocycles. The van der Waals surface area contributed by atoms with E-state index in [4.69, 9.17) is 15.2 Å². The molecule has 5 heteroatoms. The Morgan fingerprint density at radius 2 is 1.85 bits per heavy atom. The van der Waals surface area contributed by atoms with Gasteiger partial charge in [0.1, 0.15) is 19.0 Å². The normalized spacial score (nSPS) is 13.1. The summed E-state index contributed by atoms with van der Waals surface area (Å²) in [7, 11) is 0. The van der Waals surface area contributed by atoms with E-state index >= 15 is 0 Å².